The summed E-state index contributed by atoms with van der Waals surface area (Å²) in [5, 5.41) is 9.44. The molecule has 0 aromatic heterocycles. The van der Waals surface area contributed by atoms with Crippen LogP contribution in [0.25, 0.3) is 0 Å². The molecule has 0 fully saturated rings. The molecule has 2 aromatic rings. The molecule has 0 bridgehead atoms. The SMILES string of the molecule is Cc1ccc(N(C)c2ccc(C(C)O)cc2F)cc1. The Morgan fingerprint density at radius 2 is 1.74 bits per heavy atom. The van der Waals surface area contributed by atoms with Gasteiger partial charge in [0.15, 0.2) is 0 Å². The highest BCUT2D eigenvalue weighted by Crippen LogP contribution is 2.28. The monoisotopic (exact) mass is 259 g/mol. The third kappa shape index (κ3) is 2.93. The summed E-state index contributed by atoms with van der Waals surface area (Å²) in [6, 6.07) is 12.7. The average molecular weight is 259 g/mol. The fourth-order valence-corrected chi connectivity index (χ4v) is 1.96. The van der Waals surface area contributed by atoms with Gasteiger partial charge < -0.3 is 10.0 Å². The minimum absolute atomic E-state index is 0.332. The minimum Gasteiger partial charge on any atom is -0.389 e. The molecule has 0 heterocycles. The van der Waals surface area contributed by atoms with Crippen molar-refractivity contribution in [1.29, 1.82) is 0 Å². The van der Waals surface area contributed by atoms with Crippen LogP contribution in [-0.4, -0.2) is 12.2 Å². The zero-order chi connectivity index (χ0) is 14.0. The summed E-state index contributed by atoms with van der Waals surface area (Å²) in [7, 11) is 1.82. The first kappa shape index (κ1) is 13.6. The molecule has 0 spiro atoms. The number of rotatable bonds is 3. The third-order valence-electron chi connectivity index (χ3n) is 3.24. The Labute approximate surface area is 113 Å². The Hall–Kier alpha value is -1.87. The minimum atomic E-state index is -0.659. The van der Waals surface area contributed by atoms with Crippen molar-refractivity contribution in [2.24, 2.45) is 0 Å². The second kappa shape index (κ2) is 5.41. The molecule has 2 aromatic carbocycles. The van der Waals surface area contributed by atoms with Gasteiger partial charge in [0.2, 0.25) is 0 Å². The molecule has 0 saturated heterocycles. The van der Waals surface area contributed by atoms with Gasteiger partial charge in [-0.3, -0.25) is 0 Å². The predicted octanol–water partition coefficient (Wildman–Crippen LogP) is 3.96. The van der Waals surface area contributed by atoms with Crippen LogP contribution in [-0.2, 0) is 0 Å². The number of hydrogen-bond donors (Lipinski definition) is 1. The maximum absolute atomic E-state index is 14.1. The first-order valence-corrected chi connectivity index (χ1v) is 6.27. The van der Waals surface area contributed by atoms with E-state index in [1.165, 1.54) is 11.6 Å². The topological polar surface area (TPSA) is 23.5 Å². The summed E-state index contributed by atoms with van der Waals surface area (Å²) in [6.07, 6.45) is -0.659. The zero-order valence-electron chi connectivity index (χ0n) is 11.4. The molecule has 0 aliphatic rings. The number of anilines is 2. The van der Waals surface area contributed by atoms with Crippen LogP contribution in [0.5, 0.6) is 0 Å². The van der Waals surface area contributed by atoms with Crippen LogP contribution in [0.15, 0.2) is 42.5 Å². The van der Waals surface area contributed by atoms with Crippen molar-refractivity contribution in [2.45, 2.75) is 20.0 Å². The van der Waals surface area contributed by atoms with Crippen LogP contribution in [0.4, 0.5) is 15.8 Å². The molecule has 1 N–H and O–H groups in total. The highest BCUT2D eigenvalue weighted by molar-refractivity contribution is 5.63. The molecule has 0 radical (unpaired) electrons. The van der Waals surface area contributed by atoms with Gasteiger partial charge in [0.25, 0.3) is 0 Å². The molecular weight excluding hydrogens is 241 g/mol. The van der Waals surface area contributed by atoms with Gasteiger partial charge in [-0.2, -0.15) is 0 Å². The first-order valence-electron chi connectivity index (χ1n) is 6.27. The van der Waals surface area contributed by atoms with E-state index in [1.807, 2.05) is 38.2 Å². The van der Waals surface area contributed by atoms with Crippen LogP contribution < -0.4 is 4.90 Å². The van der Waals surface area contributed by atoms with Gasteiger partial charge in [0.05, 0.1) is 11.8 Å². The summed E-state index contributed by atoms with van der Waals surface area (Å²) >= 11 is 0. The average Bonchev–Trinajstić information content (AvgIpc) is 2.38. The maximum atomic E-state index is 14.1. The van der Waals surface area contributed by atoms with Crippen molar-refractivity contribution in [3.63, 3.8) is 0 Å². The van der Waals surface area contributed by atoms with Crippen LogP contribution in [0, 0.1) is 12.7 Å². The summed E-state index contributed by atoms with van der Waals surface area (Å²) in [6.45, 7) is 3.64. The van der Waals surface area contributed by atoms with Gasteiger partial charge in [-0.15, -0.1) is 0 Å². The van der Waals surface area contributed by atoms with E-state index in [0.717, 1.165) is 5.69 Å². The molecule has 100 valence electrons. The number of aryl methyl sites for hydroxylation is 1. The van der Waals surface area contributed by atoms with E-state index >= 15 is 0 Å². The number of aliphatic hydroxyl groups excluding tert-OH is 1. The lowest BCUT2D eigenvalue weighted by molar-refractivity contribution is 0.199. The normalized spacial score (nSPS) is 12.3. The van der Waals surface area contributed by atoms with Crippen LogP contribution in [0.1, 0.15) is 24.2 Å². The number of aliphatic hydroxyl groups is 1. The molecule has 2 rings (SSSR count). The Balaban J connectivity index is 2.33. The zero-order valence-corrected chi connectivity index (χ0v) is 11.4. The van der Waals surface area contributed by atoms with Gasteiger partial charge in [0, 0.05) is 12.7 Å². The van der Waals surface area contributed by atoms with Gasteiger partial charge in [0.1, 0.15) is 5.82 Å². The summed E-state index contributed by atoms with van der Waals surface area (Å²) in [5.74, 6) is -0.332. The van der Waals surface area contributed by atoms with Crippen molar-refractivity contribution in [2.75, 3.05) is 11.9 Å². The van der Waals surface area contributed by atoms with E-state index in [2.05, 4.69) is 0 Å². The van der Waals surface area contributed by atoms with E-state index in [-0.39, 0.29) is 5.82 Å². The molecule has 1 unspecified atom stereocenters. The lowest BCUT2D eigenvalue weighted by Crippen LogP contribution is -2.11. The van der Waals surface area contributed by atoms with Crippen molar-refractivity contribution in [3.8, 4) is 0 Å². The number of halogens is 1. The fraction of sp³-hybridized carbons (Fsp3) is 0.250. The number of hydrogen-bond acceptors (Lipinski definition) is 2. The lowest BCUT2D eigenvalue weighted by Gasteiger charge is -2.21. The molecule has 1 atom stereocenters. The highest BCUT2D eigenvalue weighted by atomic mass is 19.1. The van der Waals surface area contributed by atoms with E-state index in [9.17, 15) is 9.50 Å². The first-order chi connectivity index (χ1) is 8.99. The Bertz CT molecular complexity index is 563. The molecule has 2 nitrogen and oxygen atoms in total. The van der Waals surface area contributed by atoms with E-state index in [4.69, 9.17) is 0 Å². The van der Waals surface area contributed by atoms with Crippen molar-refractivity contribution in [3.05, 3.63) is 59.4 Å². The van der Waals surface area contributed by atoms with Gasteiger partial charge in [-0.05, 0) is 43.7 Å². The Morgan fingerprint density at radius 3 is 2.26 bits per heavy atom. The summed E-state index contributed by atoms with van der Waals surface area (Å²) in [5.41, 5.74) is 3.17. The van der Waals surface area contributed by atoms with Gasteiger partial charge in [-0.1, -0.05) is 23.8 Å². The molecule has 0 saturated carbocycles. The third-order valence-corrected chi connectivity index (χ3v) is 3.24. The summed E-state index contributed by atoms with van der Waals surface area (Å²) in [4.78, 5) is 1.79. The van der Waals surface area contributed by atoms with E-state index < -0.39 is 6.10 Å². The lowest BCUT2D eigenvalue weighted by atomic mass is 10.1. The van der Waals surface area contributed by atoms with Crippen molar-refractivity contribution >= 4 is 11.4 Å². The van der Waals surface area contributed by atoms with E-state index in [0.29, 0.717) is 11.3 Å². The van der Waals surface area contributed by atoms with Gasteiger partial charge in [-0.25, -0.2) is 4.39 Å². The molecule has 3 heteroatoms. The molecule has 0 aliphatic carbocycles. The van der Waals surface area contributed by atoms with Gasteiger partial charge >= 0.3 is 0 Å². The molecule has 0 amide bonds. The fourth-order valence-electron chi connectivity index (χ4n) is 1.96. The van der Waals surface area contributed by atoms with E-state index in [1.54, 1.807) is 24.0 Å². The van der Waals surface area contributed by atoms with Crippen molar-refractivity contribution < 1.29 is 9.50 Å². The Kier molecular flexibility index (Phi) is 3.86. The summed E-state index contributed by atoms with van der Waals surface area (Å²) < 4.78 is 14.1. The second-order valence-electron chi connectivity index (χ2n) is 4.78. The van der Waals surface area contributed by atoms with Crippen LogP contribution >= 0.6 is 0 Å². The molecule has 0 aliphatic heterocycles. The second-order valence-corrected chi connectivity index (χ2v) is 4.78. The smallest absolute Gasteiger partial charge is 0.147 e. The van der Waals surface area contributed by atoms with Crippen LogP contribution in [0.2, 0.25) is 0 Å². The number of nitrogens with zero attached hydrogens (tertiary/aromatic N) is 1. The largest absolute Gasteiger partial charge is 0.389 e. The standard InChI is InChI=1S/C16H18FNO/c1-11-4-7-14(8-5-11)18(3)16-9-6-13(12(2)19)10-15(16)17/h4-10,12,19H,1-3H3. The predicted molar refractivity (Wildman–Crippen MR) is 76.3 cm³/mol. The highest BCUT2D eigenvalue weighted by Gasteiger charge is 2.11. The van der Waals surface area contributed by atoms with Crippen LogP contribution in [0.3, 0.4) is 0 Å². The molecular formula is C16H18FNO. The van der Waals surface area contributed by atoms with Crippen molar-refractivity contribution in [1.82, 2.24) is 0 Å². The maximum Gasteiger partial charge on any atom is 0.147 e. The Morgan fingerprint density at radius 1 is 1.11 bits per heavy atom. The number of benzene rings is 2. The quantitative estimate of drug-likeness (QED) is 0.902. The molecule has 19 heavy (non-hydrogen) atoms.